The molecule has 0 aliphatic rings. The van der Waals surface area contributed by atoms with Gasteiger partial charge in [0.25, 0.3) is 0 Å². The molecule has 618 valence electrons. The molecule has 15 nitrogen and oxygen atoms in total. The van der Waals surface area contributed by atoms with E-state index in [2.05, 4.69) is 171 Å². The summed E-state index contributed by atoms with van der Waals surface area (Å²) in [5.41, 5.74) is 0.0503. The first kappa shape index (κ1) is 133. The highest BCUT2D eigenvalue weighted by atomic mass is 16.5. The predicted octanol–water partition coefficient (Wildman–Crippen LogP) is 24.3. The van der Waals surface area contributed by atoms with Crippen LogP contribution in [0.25, 0.3) is 0 Å². The summed E-state index contributed by atoms with van der Waals surface area (Å²) in [5, 5.41) is 0. The lowest BCUT2D eigenvalue weighted by Gasteiger charge is -2.17. The van der Waals surface area contributed by atoms with Crippen molar-refractivity contribution in [3.63, 3.8) is 0 Å². The van der Waals surface area contributed by atoms with Gasteiger partial charge in [0.05, 0.1) is 66.6 Å². The van der Waals surface area contributed by atoms with Gasteiger partial charge in [-0.3, -0.25) is 0 Å². The number of unbranched alkanes of at least 4 members (excludes halogenated alkanes) is 1. The van der Waals surface area contributed by atoms with Crippen LogP contribution in [0.4, 0.5) is 0 Å². The molecule has 0 aromatic heterocycles. The molecule has 0 aromatic rings. The van der Waals surface area contributed by atoms with E-state index in [1.807, 2.05) is 111 Å². The maximum atomic E-state index is 5.45. The Labute approximate surface area is 621 Å². The van der Waals surface area contributed by atoms with Crippen LogP contribution in [0, 0.1) is 11.8 Å². The third-order valence-corrected chi connectivity index (χ3v) is 12.0. The molecular formula is C83H196O15. The van der Waals surface area contributed by atoms with Crippen molar-refractivity contribution in [2.75, 3.05) is 128 Å². The van der Waals surface area contributed by atoms with Gasteiger partial charge in [0.1, 0.15) is 0 Å². The van der Waals surface area contributed by atoms with Gasteiger partial charge >= 0.3 is 0 Å². The van der Waals surface area contributed by atoms with Gasteiger partial charge < -0.3 is 71.1 Å². The molecule has 0 rings (SSSR count). The maximum Gasteiger partial charge on any atom is 0.0598 e. The lowest BCUT2D eigenvalue weighted by Crippen LogP contribution is -2.18. The van der Waals surface area contributed by atoms with Gasteiger partial charge in [-0.25, -0.2) is 0 Å². The minimum atomic E-state index is 0.0503. The second-order valence-corrected chi connectivity index (χ2v) is 25.1. The third kappa shape index (κ3) is 233. The highest BCUT2D eigenvalue weighted by Crippen LogP contribution is 2.06. The molecule has 0 saturated heterocycles. The Morgan fingerprint density at radius 3 is 0.714 bits per heavy atom. The Morgan fingerprint density at radius 2 is 0.571 bits per heavy atom. The Morgan fingerprint density at radius 1 is 0.255 bits per heavy atom. The standard InChI is InChI=1S/C8H18O.2C7H16O.5C6H14O.4C5H12O.2C4H10O.C3H8O/c1-5-6-9-8(4)7(2)3;1-5-8-7(4)6(2)3;1-4-6-8-7(3)5-2;1-5-7-6(2,3)4;1-4-5-6(2)7-3;1-4-5-7-6(2)3;1-4-6(3)7-5-2;1-3-5-6-7-4-2;1-4-5(2)6-3;2*1-4-6-5(2)3;1-3-5-6-4-2;1-4(2)5-3;1-3-5-4-2;1-3-4-2/h7-8H,5-6H2,1-4H3;6-7H,5H2,1-4H3;7H,4-6H2,1-3H3;5H2,1-4H3;3*6H,4-5H2,1-3H3;3-6H2,1-2H3;3*5H,4H2,1-3H3;3-5H2,1-2H3;4H,1-3H3;3-4H2,1-2H3;3H2,1-2H3. The van der Waals surface area contributed by atoms with Gasteiger partial charge in [-0.1, -0.05) is 103 Å². The zero-order valence-electron chi connectivity index (χ0n) is 75.9. The molecule has 0 spiro atoms. The first-order valence-corrected chi connectivity index (χ1v) is 39.7. The molecule has 0 N–H and O–H groups in total. The summed E-state index contributed by atoms with van der Waals surface area (Å²) in [6, 6.07) is 0. The van der Waals surface area contributed by atoms with Crippen LogP contribution in [0.3, 0.4) is 0 Å². The summed E-state index contributed by atoms with van der Waals surface area (Å²) in [5.74, 6) is 1.30. The third-order valence-electron chi connectivity index (χ3n) is 12.0. The first-order chi connectivity index (χ1) is 45.9. The van der Waals surface area contributed by atoms with Crippen LogP contribution >= 0.6 is 0 Å². The van der Waals surface area contributed by atoms with E-state index in [1.54, 1.807) is 28.4 Å². The van der Waals surface area contributed by atoms with Crippen LogP contribution < -0.4 is 0 Å². The van der Waals surface area contributed by atoms with Crippen molar-refractivity contribution in [1.29, 1.82) is 0 Å². The van der Waals surface area contributed by atoms with E-state index in [4.69, 9.17) is 66.3 Å². The SMILES string of the molecule is CCC(C)OC.CCCC(C)OC.CCCCOCC.CCCOC(C)C.CCCOC(C)C(C)C.CCCOC(C)CC.CCCOCC.CCOC.CCOC(C)(C)C.CCOC(C)C.CCOC(C)C.CCOC(C)C(C)C.CCOC(C)CC.CCOCC.COC(C)C. The molecule has 0 amide bonds. The highest BCUT2D eigenvalue weighted by molar-refractivity contribution is 4.57. The molecule has 98 heavy (non-hydrogen) atoms. The molecule has 6 atom stereocenters. The molecular weight excluding hydrogens is 1240 g/mol. The van der Waals surface area contributed by atoms with Crippen LogP contribution in [0.15, 0.2) is 0 Å². The van der Waals surface area contributed by atoms with Crippen molar-refractivity contribution >= 4 is 0 Å². The molecule has 0 radical (unpaired) electrons. The van der Waals surface area contributed by atoms with E-state index in [-0.39, 0.29) is 5.60 Å². The van der Waals surface area contributed by atoms with Crippen LogP contribution in [-0.2, 0) is 71.1 Å². The zero-order valence-corrected chi connectivity index (χ0v) is 75.9. The fourth-order valence-corrected chi connectivity index (χ4v) is 4.82. The minimum Gasteiger partial charge on any atom is -0.385 e. The van der Waals surface area contributed by atoms with Crippen LogP contribution in [0.2, 0.25) is 0 Å². The Hall–Kier alpha value is -0.600. The number of methoxy groups -OCH3 is 4. The predicted molar refractivity (Wildman–Crippen MR) is 438 cm³/mol. The first-order valence-electron chi connectivity index (χ1n) is 39.7. The summed E-state index contributed by atoms with van der Waals surface area (Å²) in [7, 11) is 6.86. The number of ether oxygens (including phenoxy) is 15. The molecule has 6 unspecified atom stereocenters. The van der Waals surface area contributed by atoms with E-state index in [1.165, 1.54) is 25.7 Å². The largest absolute Gasteiger partial charge is 0.385 e. The summed E-state index contributed by atoms with van der Waals surface area (Å²) in [6.07, 6.45) is 16.9. The molecule has 0 saturated carbocycles. The zero-order chi connectivity index (χ0) is 80.4. The van der Waals surface area contributed by atoms with Crippen molar-refractivity contribution in [2.45, 2.75) is 414 Å². The van der Waals surface area contributed by atoms with Crippen LogP contribution in [0.1, 0.15) is 348 Å². The fraction of sp³-hybridized carbons (Fsp3) is 1.00. The average molecular weight is 1430 g/mol. The van der Waals surface area contributed by atoms with Gasteiger partial charge in [-0.2, -0.15) is 0 Å². The van der Waals surface area contributed by atoms with Gasteiger partial charge in [0.2, 0.25) is 0 Å². The maximum absolute atomic E-state index is 5.45. The summed E-state index contributed by atoms with van der Waals surface area (Å²) >= 11 is 0. The van der Waals surface area contributed by atoms with Crippen LogP contribution in [0.5, 0.6) is 0 Å². The second-order valence-electron chi connectivity index (χ2n) is 25.1. The quantitative estimate of drug-likeness (QED) is 0.0542. The van der Waals surface area contributed by atoms with Gasteiger partial charge in [-0.05, 0) is 257 Å². The van der Waals surface area contributed by atoms with E-state index < -0.39 is 0 Å². The normalized spacial score (nSPS) is 11.8. The van der Waals surface area contributed by atoms with Gasteiger partial charge in [0, 0.05) is 128 Å². The summed E-state index contributed by atoms with van der Waals surface area (Å²) < 4.78 is 75.9. The van der Waals surface area contributed by atoms with Crippen LogP contribution in [-0.4, -0.2) is 194 Å². The Kier molecular flexibility index (Phi) is 176. The van der Waals surface area contributed by atoms with Crippen molar-refractivity contribution in [3.8, 4) is 0 Å². The van der Waals surface area contributed by atoms with E-state index in [0.717, 1.165) is 144 Å². The second kappa shape index (κ2) is 129. The molecule has 0 aliphatic carbocycles. The molecule has 0 bridgehead atoms. The van der Waals surface area contributed by atoms with Gasteiger partial charge in [-0.15, -0.1) is 0 Å². The summed E-state index contributed by atoms with van der Waals surface area (Å²) in [4.78, 5) is 0. The Balaban J connectivity index is -0.0000000581. The van der Waals surface area contributed by atoms with Gasteiger partial charge in [0.15, 0.2) is 0 Å². The smallest absolute Gasteiger partial charge is 0.0598 e. The molecule has 0 aliphatic heterocycles. The molecule has 0 aromatic carbocycles. The molecule has 15 heteroatoms. The van der Waals surface area contributed by atoms with E-state index in [0.29, 0.717) is 72.9 Å². The van der Waals surface area contributed by atoms with Crippen molar-refractivity contribution in [2.24, 2.45) is 11.8 Å². The average Bonchev–Trinajstić information content (AvgIpc) is 2.18. The van der Waals surface area contributed by atoms with E-state index in [9.17, 15) is 0 Å². The number of rotatable bonds is 38. The van der Waals surface area contributed by atoms with Crippen molar-refractivity contribution < 1.29 is 71.1 Å². The highest BCUT2D eigenvalue weighted by Gasteiger charge is 2.07. The molecule has 0 heterocycles. The number of hydrogen-bond acceptors (Lipinski definition) is 15. The van der Waals surface area contributed by atoms with Crippen molar-refractivity contribution in [1.82, 2.24) is 0 Å². The monoisotopic (exact) mass is 1430 g/mol. The van der Waals surface area contributed by atoms with E-state index >= 15 is 0 Å². The lowest BCUT2D eigenvalue weighted by atomic mass is 10.1. The summed E-state index contributed by atoms with van der Waals surface area (Å²) in [6.45, 7) is 95.8. The topological polar surface area (TPSA) is 138 Å². The number of hydrogen-bond donors (Lipinski definition) is 0. The van der Waals surface area contributed by atoms with Crippen molar-refractivity contribution in [3.05, 3.63) is 0 Å². The Bertz CT molecular complexity index is 1060. The fourth-order valence-electron chi connectivity index (χ4n) is 4.82. The lowest BCUT2D eigenvalue weighted by molar-refractivity contribution is 0.00530. The minimum absolute atomic E-state index is 0.0503. The molecule has 0 fully saturated rings.